The van der Waals surface area contributed by atoms with Gasteiger partial charge in [-0.2, -0.15) is 0 Å². The quantitative estimate of drug-likeness (QED) is 0.168. The first-order valence-corrected chi connectivity index (χ1v) is 19.0. The van der Waals surface area contributed by atoms with E-state index in [2.05, 4.69) is 4.57 Å². The van der Waals surface area contributed by atoms with Crippen LogP contribution in [0.3, 0.4) is 0 Å². The fraction of sp³-hybridized carbons (Fsp3) is 0. The van der Waals surface area contributed by atoms with E-state index in [0.717, 1.165) is 32.9 Å². The van der Waals surface area contributed by atoms with Crippen LogP contribution in [0.1, 0.15) is 20.6 Å². The molecular weight excluding hydrogens is 717 g/mol. The van der Waals surface area contributed by atoms with Gasteiger partial charge >= 0.3 is 0 Å². The maximum absolute atomic E-state index is 9.96. The molecule has 10 aromatic carbocycles. The van der Waals surface area contributed by atoms with Gasteiger partial charge in [0.2, 0.25) is 0 Å². The normalized spacial score (nSPS) is 15.3. The van der Waals surface area contributed by atoms with Crippen LogP contribution in [0.25, 0.3) is 93.2 Å². The van der Waals surface area contributed by atoms with E-state index in [1.165, 1.54) is 4.90 Å². The first kappa shape index (κ1) is 21.6. The third-order valence-corrected chi connectivity index (χ3v) is 10.8. The first-order chi connectivity index (χ1) is 35.5. The van der Waals surface area contributed by atoms with Crippen molar-refractivity contribution in [2.24, 2.45) is 0 Å². The van der Waals surface area contributed by atoms with Crippen LogP contribution in [0.2, 0.25) is 0 Å². The molecule has 0 bridgehead atoms. The number of rotatable bonds is 6. The molecule has 0 saturated heterocycles. The van der Waals surface area contributed by atoms with Crippen LogP contribution in [0.15, 0.2) is 222 Å². The molecule has 0 N–H and O–H groups in total. The van der Waals surface area contributed by atoms with Crippen molar-refractivity contribution in [1.29, 1.82) is 0 Å². The highest BCUT2D eigenvalue weighted by Gasteiger charge is 2.22. The summed E-state index contributed by atoms with van der Waals surface area (Å²) in [5, 5.41) is 3.16. The zero-order chi connectivity index (χ0) is 51.9. The summed E-state index contributed by atoms with van der Waals surface area (Å²) in [6.07, 6.45) is 0. The summed E-state index contributed by atoms with van der Waals surface area (Å²) in [5.41, 5.74) is 1.70. The molecule has 0 radical (unpaired) electrons. The molecule has 59 heavy (non-hydrogen) atoms. The SMILES string of the molecule is [2H]c1c([2H])c(N(c2c([2H])c([2H])c(-c3cccc4c3c3ccccc3n4-c3ccccc3)c([2H])c2[2H])c2cccc3oc4c5ccccc5ccc4c23)c([2H])c([2H])c1-c1c([2H])c([2H])c([2H])c2c([2H])c([2H])c([2H])c([2H])c12. The molecule has 12 rings (SSSR count). The van der Waals surface area contributed by atoms with Crippen LogP contribution in [0, 0.1) is 0 Å². The predicted molar refractivity (Wildman–Crippen MR) is 249 cm³/mol. The van der Waals surface area contributed by atoms with Gasteiger partial charge in [0, 0.05) is 38.6 Å². The number of fused-ring (bicyclic) bond motifs is 9. The molecule has 12 aromatic rings. The van der Waals surface area contributed by atoms with E-state index in [9.17, 15) is 11.0 Å². The van der Waals surface area contributed by atoms with Crippen LogP contribution in [-0.2, 0) is 0 Å². The molecule has 0 aliphatic rings. The number of benzene rings is 10. The van der Waals surface area contributed by atoms with E-state index in [1.807, 2.05) is 97.1 Å². The maximum atomic E-state index is 9.96. The Morgan fingerprint density at radius 3 is 1.93 bits per heavy atom. The minimum Gasteiger partial charge on any atom is -0.455 e. The molecule has 0 aliphatic carbocycles. The Labute approximate surface area is 362 Å². The molecule has 0 unspecified atom stereocenters. The van der Waals surface area contributed by atoms with Gasteiger partial charge in [0.15, 0.2) is 0 Å². The Balaban J connectivity index is 1.18. The third kappa shape index (κ3) is 5.29. The molecule has 0 saturated carbocycles. The molecule has 2 heterocycles. The molecule has 2 aromatic heterocycles. The first-order valence-electron chi connectivity index (χ1n) is 26.5. The molecule has 0 amide bonds. The lowest BCUT2D eigenvalue weighted by Crippen LogP contribution is -2.10. The fourth-order valence-corrected chi connectivity index (χ4v) is 8.25. The minimum atomic E-state index is -0.811. The molecule has 3 nitrogen and oxygen atoms in total. The van der Waals surface area contributed by atoms with Crippen molar-refractivity contribution >= 4 is 82.4 Å². The topological polar surface area (TPSA) is 21.3 Å². The zero-order valence-electron chi connectivity index (χ0n) is 45.9. The highest BCUT2D eigenvalue weighted by Crippen LogP contribution is 2.46. The van der Waals surface area contributed by atoms with E-state index in [1.54, 1.807) is 30.3 Å². The summed E-state index contributed by atoms with van der Waals surface area (Å²) in [4.78, 5) is 1.18. The van der Waals surface area contributed by atoms with Gasteiger partial charge in [-0.1, -0.05) is 151 Å². The monoisotopic (exact) mass is 767 g/mol. The van der Waals surface area contributed by atoms with Gasteiger partial charge in [-0.05, 0) is 105 Å². The summed E-state index contributed by atoms with van der Waals surface area (Å²) in [6, 6.07) is 28.7. The number of para-hydroxylation sites is 2. The number of aromatic nitrogens is 1. The summed E-state index contributed by atoms with van der Waals surface area (Å²) < 4.78 is 148. The fourth-order valence-electron chi connectivity index (χ4n) is 8.25. The number of hydrogen-bond donors (Lipinski definition) is 0. The van der Waals surface area contributed by atoms with Gasteiger partial charge in [0.05, 0.1) is 42.7 Å². The van der Waals surface area contributed by atoms with E-state index in [4.69, 9.17) is 14.0 Å². The third-order valence-electron chi connectivity index (χ3n) is 10.8. The standard InChI is InChI=1S/C56H36N2O/c1-2-16-41(17-3-1)58-50-23-9-8-20-48(50)54-46(22-11-24-51(54)58)40-29-34-43(35-30-40)57(42-32-27-39(28-33-42)45-21-10-15-37-13-4-6-18-44(37)45)52-25-12-26-53-55(52)49-36-31-38-14-5-7-19-47(38)56(49)59-53/h1-36H/i4D,6D,10D,13D,15D,18D,21D,27D,28D,29D,30D,32D,33D,34D,35D. The summed E-state index contributed by atoms with van der Waals surface area (Å²) in [5.74, 6) is 0. The number of anilines is 3. The largest absolute Gasteiger partial charge is 0.455 e. The van der Waals surface area contributed by atoms with Gasteiger partial charge in [-0.15, -0.1) is 0 Å². The van der Waals surface area contributed by atoms with Crippen LogP contribution in [0.4, 0.5) is 17.1 Å². The maximum Gasteiger partial charge on any atom is 0.143 e. The van der Waals surface area contributed by atoms with Gasteiger partial charge in [-0.3, -0.25) is 0 Å². The highest BCUT2D eigenvalue weighted by molar-refractivity contribution is 6.20. The summed E-state index contributed by atoms with van der Waals surface area (Å²) >= 11 is 0. The second kappa shape index (κ2) is 13.4. The Hall–Kier alpha value is -7.88. The Morgan fingerprint density at radius 2 is 1.10 bits per heavy atom. The molecule has 3 heteroatoms. The number of hydrogen-bond acceptors (Lipinski definition) is 2. The molecule has 0 atom stereocenters. The van der Waals surface area contributed by atoms with Crippen molar-refractivity contribution in [2.75, 3.05) is 4.90 Å². The van der Waals surface area contributed by atoms with Gasteiger partial charge in [0.25, 0.3) is 0 Å². The second-order valence-electron chi connectivity index (χ2n) is 14.1. The molecule has 0 spiro atoms. The van der Waals surface area contributed by atoms with Crippen LogP contribution >= 0.6 is 0 Å². The van der Waals surface area contributed by atoms with E-state index >= 15 is 0 Å². The van der Waals surface area contributed by atoms with E-state index in [0.29, 0.717) is 32.9 Å². The zero-order valence-corrected chi connectivity index (χ0v) is 30.9. The predicted octanol–water partition coefficient (Wildman–Crippen LogP) is 15.8. The van der Waals surface area contributed by atoms with Gasteiger partial charge in [0.1, 0.15) is 11.2 Å². The van der Waals surface area contributed by atoms with Crippen molar-refractivity contribution < 1.29 is 25.0 Å². The average Bonchev–Trinajstić information content (AvgIpc) is 3.99. The van der Waals surface area contributed by atoms with Crippen LogP contribution in [0.5, 0.6) is 0 Å². The van der Waals surface area contributed by atoms with Gasteiger partial charge in [-0.25, -0.2) is 0 Å². The lowest BCUT2D eigenvalue weighted by molar-refractivity contribution is 0.672. The molecular formula is C56H36N2O. The van der Waals surface area contributed by atoms with Gasteiger partial charge < -0.3 is 13.9 Å². The Bertz CT molecular complexity index is 4390. The minimum absolute atomic E-state index is 0.0259. The second-order valence-corrected chi connectivity index (χ2v) is 14.1. The lowest BCUT2D eigenvalue weighted by atomic mass is 9.97. The summed E-state index contributed by atoms with van der Waals surface area (Å²) in [7, 11) is 0. The van der Waals surface area contributed by atoms with E-state index in [-0.39, 0.29) is 11.3 Å². The smallest absolute Gasteiger partial charge is 0.143 e. The Morgan fingerprint density at radius 1 is 0.424 bits per heavy atom. The van der Waals surface area contributed by atoms with Crippen LogP contribution in [-0.4, -0.2) is 4.57 Å². The summed E-state index contributed by atoms with van der Waals surface area (Å²) in [6.45, 7) is 0. The molecule has 0 aliphatic heterocycles. The van der Waals surface area contributed by atoms with E-state index < -0.39 is 124 Å². The molecule has 0 fully saturated rings. The van der Waals surface area contributed by atoms with Crippen molar-refractivity contribution in [3.05, 3.63) is 218 Å². The van der Waals surface area contributed by atoms with Crippen molar-refractivity contribution in [1.82, 2.24) is 4.57 Å². The van der Waals surface area contributed by atoms with Crippen molar-refractivity contribution in [3.63, 3.8) is 0 Å². The van der Waals surface area contributed by atoms with Crippen LogP contribution < -0.4 is 4.90 Å². The number of nitrogens with zero attached hydrogens (tertiary/aromatic N) is 2. The lowest BCUT2D eigenvalue weighted by Gasteiger charge is -2.27. The number of furan rings is 1. The molecule has 276 valence electrons. The van der Waals surface area contributed by atoms with Crippen molar-refractivity contribution in [2.45, 2.75) is 0 Å². The highest BCUT2D eigenvalue weighted by atomic mass is 16.3. The average molecular weight is 768 g/mol. The van der Waals surface area contributed by atoms with Crippen molar-refractivity contribution in [3.8, 4) is 27.9 Å². The Kier molecular flexibility index (Phi) is 4.89.